The first-order chi connectivity index (χ1) is 9.06. The fourth-order valence-electron chi connectivity index (χ4n) is 2.13. The summed E-state index contributed by atoms with van der Waals surface area (Å²) in [7, 11) is 1.91. The summed E-state index contributed by atoms with van der Waals surface area (Å²) in [6, 6.07) is 5.05. The van der Waals surface area contributed by atoms with Gasteiger partial charge in [0.25, 0.3) is 0 Å². The lowest BCUT2D eigenvalue weighted by atomic mass is 10.1. The SMILES string of the molecule is Cc1c[nH]c(-c2cc3c(cc2F)c(=S)ccn3C)n1. The summed E-state index contributed by atoms with van der Waals surface area (Å²) in [5.41, 5.74) is 2.17. The highest BCUT2D eigenvalue weighted by Crippen LogP contribution is 2.26. The van der Waals surface area contributed by atoms with Crippen LogP contribution in [0.25, 0.3) is 22.3 Å². The Morgan fingerprint density at radius 1 is 1.37 bits per heavy atom. The number of hydrogen-bond donors (Lipinski definition) is 1. The van der Waals surface area contributed by atoms with Gasteiger partial charge in [0.15, 0.2) is 0 Å². The number of nitrogens with one attached hydrogen (secondary N) is 1. The van der Waals surface area contributed by atoms with Crippen molar-refractivity contribution in [3.63, 3.8) is 0 Å². The highest BCUT2D eigenvalue weighted by molar-refractivity contribution is 7.71. The minimum atomic E-state index is -0.320. The van der Waals surface area contributed by atoms with Gasteiger partial charge in [0.2, 0.25) is 0 Å². The van der Waals surface area contributed by atoms with Crippen LogP contribution in [0.2, 0.25) is 0 Å². The molecule has 0 spiro atoms. The number of hydrogen-bond acceptors (Lipinski definition) is 2. The van der Waals surface area contributed by atoms with Crippen molar-refractivity contribution >= 4 is 23.1 Å². The van der Waals surface area contributed by atoms with Gasteiger partial charge in [0, 0.05) is 29.3 Å². The molecule has 3 aromatic rings. The van der Waals surface area contributed by atoms with Crippen molar-refractivity contribution in [3.05, 3.63) is 46.6 Å². The summed E-state index contributed by atoms with van der Waals surface area (Å²) in [5.74, 6) is 0.214. The summed E-state index contributed by atoms with van der Waals surface area (Å²) in [4.78, 5) is 7.24. The Hall–Kier alpha value is -2.01. The van der Waals surface area contributed by atoms with Crippen molar-refractivity contribution in [2.75, 3.05) is 0 Å². The molecule has 0 fully saturated rings. The Morgan fingerprint density at radius 3 is 2.84 bits per heavy atom. The topological polar surface area (TPSA) is 33.6 Å². The van der Waals surface area contributed by atoms with E-state index >= 15 is 0 Å². The van der Waals surface area contributed by atoms with Gasteiger partial charge in [-0.1, -0.05) is 12.2 Å². The van der Waals surface area contributed by atoms with E-state index in [0.717, 1.165) is 16.6 Å². The van der Waals surface area contributed by atoms with Gasteiger partial charge in [-0.25, -0.2) is 9.37 Å². The van der Waals surface area contributed by atoms with Crippen LogP contribution in [0.4, 0.5) is 4.39 Å². The van der Waals surface area contributed by atoms with Gasteiger partial charge >= 0.3 is 0 Å². The highest BCUT2D eigenvalue weighted by atomic mass is 32.1. The highest BCUT2D eigenvalue weighted by Gasteiger charge is 2.11. The average molecular weight is 273 g/mol. The standard InChI is InChI=1S/C14H12FN3S/c1-8-7-16-14(17-8)9-6-12-10(5-11(9)15)13(19)3-4-18(12)2/h3-7H,1-2H3,(H,16,17). The lowest BCUT2D eigenvalue weighted by Gasteiger charge is -2.08. The van der Waals surface area contributed by atoms with Crippen LogP contribution in [-0.2, 0) is 7.05 Å². The third-order valence-corrected chi connectivity index (χ3v) is 3.50. The Morgan fingerprint density at radius 2 is 2.16 bits per heavy atom. The minimum absolute atomic E-state index is 0.320. The largest absolute Gasteiger partial charge is 0.350 e. The van der Waals surface area contributed by atoms with Gasteiger partial charge in [-0.15, -0.1) is 0 Å². The zero-order valence-electron chi connectivity index (χ0n) is 10.6. The zero-order chi connectivity index (χ0) is 13.6. The molecule has 1 N–H and O–H groups in total. The molecule has 0 radical (unpaired) electrons. The van der Waals surface area contributed by atoms with E-state index in [-0.39, 0.29) is 5.82 Å². The summed E-state index contributed by atoms with van der Waals surface area (Å²) in [6.45, 7) is 1.86. The van der Waals surface area contributed by atoms with E-state index < -0.39 is 0 Å². The predicted octanol–water partition coefficient (Wildman–Crippen LogP) is 3.75. The number of imidazole rings is 1. The van der Waals surface area contributed by atoms with Gasteiger partial charge in [-0.05, 0) is 25.1 Å². The molecule has 0 unspecified atom stereocenters. The first-order valence-corrected chi connectivity index (χ1v) is 6.28. The number of aryl methyl sites for hydroxylation is 2. The van der Waals surface area contributed by atoms with Gasteiger partial charge in [0.1, 0.15) is 11.6 Å². The molecule has 0 saturated heterocycles. The van der Waals surface area contributed by atoms with Crippen LogP contribution in [0.5, 0.6) is 0 Å². The van der Waals surface area contributed by atoms with Crippen LogP contribution < -0.4 is 0 Å². The van der Waals surface area contributed by atoms with Crippen LogP contribution >= 0.6 is 12.2 Å². The molecule has 3 rings (SSSR count). The van der Waals surface area contributed by atoms with E-state index in [9.17, 15) is 4.39 Å². The van der Waals surface area contributed by atoms with Crippen LogP contribution in [0, 0.1) is 17.3 Å². The second-order valence-corrected chi connectivity index (χ2v) is 4.97. The quantitative estimate of drug-likeness (QED) is 0.685. The van der Waals surface area contributed by atoms with Gasteiger partial charge in [-0.3, -0.25) is 0 Å². The molecule has 0 aliphatic carbocycles. The number of aromatic amines is 1. The Balaban J connectivity index is 2.36. The van der Waals surface area contributed by atoms with Crippen LogP contribution in [0.3, 0.4) is 0 Å². The fraction of sp³-hybridized carbons (Fsp3) is 0.143. The average Bonchev–Trinajstić information content (AvgIpc) is 2.80. The van der Waals surface area contributed by atoms with Gasteiger partial charge < -0.3 is 9.55 Å². The molecule has 5 heteroatoms. The number of aromatic nitrogens is 3. The second kappa shape index (κ2) is 4.28. The number of pyridine rings is 1. The molecule has 0 atom stereocenters. The van der Waals surface area contributed by atoms with Gasteiger partial charge in [-0.2, -0.15) is 0 Å². The van der Waals surface area contributed by atoms with Crippen LogP contribution in [0.15, 0.2) is 30.6 Å². The molecule has 19 heavy (non-hydrogen) atoms. The lowest BCUT2D eigenvalue weighted by molar-refractivity contribution is 0.631. The Labute approximate surface area is 114 Å². The third kappa shape index (κ3) is 1.96. The lowest BCUT2D eigenvalue weighted by Crippen LogP contribution is -1.95. The van der Waals surface area contributed by atoms with Crippen molar-refractivity contribution in [1.82, 2.24) is 14.5 Å². The molecular formula is C14H12FN3S. The van der Waals surface area contributed by atoms with Crippen LogP contribution in [-0.4, -0.2) is 14.5 Å². The van der Waals surface area contributed by atoms with Crippen molar-refractivity contribution in [2.45, 2.75) is 6.92 Å². The first kappa shape index (κ1) is 12.0. The number of fused-ring (bicyclic) bond motifs is 1. The molecule has 0 bridgehead atoms. The summed E-state index contributed by atoms with van der Waals surface area (Å²) >= 11 is 5.23. The van der Waals surface area contributed by atoms with E-state index in [1.165, 1.54) is 6.07 Å². The fourth-order valence-corrected chi connectivity index (χ4v) is 2.36. The van der Waals surface area contributed by atoms with Crippen molar-refractivity contribution in [1.29, 1.82) is 0 Å². The molecule has 0 amide bonds. The number of nitrogens with zero attached hydrogens (tertiary/aromatic N) is 2. The summed E-state index contributed by atoms with van der Waals surface area (Å²) in [6.07, 6.45) is 3.63. The van der Waals surface area contributed by atoms with E-state index in [4.69, 9.17) is 12.2 Å². The van der Waals surface area contributed by atoms with E-state index in [0.29, 0.717) is 15.9 Å². The van der Waals surface area contributed by atoms with Crippen molar-refractivity contribution in [3.8, 4) is 11.4 Å². The normalized spacial score (nSPS) is 11.1. The maximum absolute atomic E-state index is 14.2. The maximum Gasteiger partial charge on any atom is 0.140 e. The molecule has 2 heterocycles. The van der Waals surface area contributed by atoms with Gasteiger partial charge in [0.05, 0.1) is 16.8 Å². The monoisotopic (exact) mass is 273 g/mol. The Bertz CT molecular complexity index is 832. The van der Waals surface area contributed by atoms with Crippen molar-refractivity contribution in [2.24, 2.45) is 7.05 Å². The third-order valence-electron chi connectivity index (χ3n) is 3.14. The zero-order valence-corrected chi connectivity index (χ0v) is 11.4. The molecule has 0 aliphatic rings. The second-order valence-electron chi connectivity index (χ2n) is 4.53. The molecule has 96 valence electrons. The first-order valence-electron chi connectivity index (χ1n) is 5.87. The van der Waals surface area contributed by atoms with Crippen molar-refractivity contribution < 1.29 is 4.39 Å². The number of halogens is 1. The minimum Gasteiger partial charge on any atom is -0.350 e. The molecule has 1 aromatic carbocycles. The van der Waals surface area contributed by atoms with E-state index in [2.05, 4.69) is 9.97 Å². The van der Waals surface area contributed by atoms with E-state index in [1.807, 2.05) is 24.7 Å². The molecule has 2 aromatic heterocycles. The summed E-state index contributed by atoms with van der Waals surface area (Å²) < 4.78 is 16.8. The van der Waals surface area contributed by atoms with Crippen LogP contribution in [0.1, 0.15) is 5.69 Å². The summed E-state index contributed by atoms with van der Waals surface area (Å²) in [5, 5.41) is 0.740. The molecule has 3 nitrogen and oxygen atoms in total. The number of H-pyrrole nitrogens is 1. The smallest absolute Gasteiger partial charge is 0.140 e. The number of benzene rings is 1. The maximum atomic E-state index is 14.2. The number of rotatable bonds is 1. The van der Waals surface area contributed by atoms with E-state index in [1.54, 1.807) is 18.3 Å². The molecule has 0 aliphatic heterocycles. The molecule has 0 saturated carbocycles. The predicted molar refractivity (Wildman–Crippen MR) is 76.0 cm³/mol. The Kier molecular flexibility index (Phi) is 2.71. The molecular weight excluding hydrogens is 261 g/mol.